The number of rotatable bonds is 6. The van der Waals surface area contributed by atoms with E-state index in [1.54, 1.807) is 4.57 Å². The first-order valence-electron chi connectivity index (χ1n) is 23.6. The molecule has 4 heterocycles. The number of furan rings is 2. The number of hydrogen-bond acceptors (Lipinski definition) is 5. The fraction of sp³-hybridized carbons (Fsp3) is 0. The van der Waals surface area contributed by atoms with E-state index in [-0.39, 0.29) is 58.1 Å². The van der Waals surface area contributed by atoms with E-state index in [0.29, 0.717) is 56.6 Å². The van der Waals surface area contributed by atoms with Crippen molar-refractivity contribution in [2.24, 2.45) is 0 Å². The minimum Gasteiger partial charge on any atom is -0.455 e. The zero-order valence-corrected chi connectivity index (χ0v) is 33.3. The second-order valence-electron chi connectivity index (χ2n) is 15.4. The van der Waals surface area contributed by atoms with Crippen LogP contribution in [0.25, 0.3) is 128 Å². The molecular weight excluding hydrogens is 773 g/mol. The van der Waals surface area contributed by atoms with E-state index in [2.05, 4.69) is 6.07 Å². The minimum absolute atomic E-state index is 0.0442. The molecule has 0 saturated carbocycles. The maximum atomic E-state index is 9.27. The van der Waals surface area contributed by atoms with Crippen LogP contribution in [-0.2, 0) is 0 Å². The summed E-state index contributed by atoms with van der Waals surface area (Å²) in [6.07, 6.45) is 0. The lowest BCUT2D eigenvalue weighted by Crippen LogP contribution is -2.00. The summed E-state index contributed by atoms with van der Waals surface area (Å²) in [5.41, 5.74) is 9.12. The van der Waals surface area contributed by atoms with Crippen molar-refractivity contribution in [3.8, 4) is 62.1 Å². The molecule has 0 spiro atoms. The summed E-state index contributed by atoms with van der Waals surface area (Å²) in [4.78, 5) is 15.0. The van der Waals surface area contributed by atoms with Crippen molar-refractivity contribution in [2.45, 2.75) is 0 Å². The number of benzene rings is 9. The van der Waals surface area contributed by atoms with Gasteiger partial charge in [0.2, 0.25) is 0 Å². The van der Waals surface area contributed by atoms with Gasteiger partial charge in [-0.2, -0.15) is 0 Å². The molecule has 0 fully saturated rings. The highest BCUT2D eigenvalue weighted by Crippen LogP contribution is 2.45. The smallest absolute Gasteiger partial charge is 0.167 e. The molecule has 63 heavy (non-hydrogen) atoms. The van der Waals surface area contributed by atoms with E-state index in [1.807, 2.05) is 152 Å². The first-order chi connectivity index (χ1) is 33.7. The van der Waals surface area contributed by atoms with Crippen molar-refractivity contribution in [1.29, 1.82) is 0 Å². The van der Waals surface area contributed by atoms with Crippen LogP contribution in [0.3, 0.4) is 0 Å². The number of para-hydroxylation sites is 6. The molecule has 9 aromatic carbocycles. The van der Waals surface area contributed by atoms with E-state index in [0.717, 1.165) is 49.4 Å². The van der Waals surface area contributed by atoms with Crippen molar-refractivity contribution in [1.82, 2.24) is 19.5 Å². The van der Waals surface area contributed by atoms with Gasteiger partial charge in [-0.15, -0.1) is 0 Å². The van der Waals surface area contributed by atoms with E-state index in [9.17, 15) is 2.74 Å². The second kappa shape index (κ2) is 14.0. The van der Waals surface area contributed by atoms with Gasteiger partial charge in [-0.05, 0) is 41.9 Å². The van der Waals surface area contributed by atoms with Crippen LogP contribution in [0.15, 0.2) is 215 Å². The number of fused-ring (bicyclic) bond motifs is 9. The molecule has 294 valence electrons. The van der Waals surface area contributed by atoms with Crippen molar-refractivity contribution in [3.05, 3.63) is 206 Å². The van der Waals surface area contributed by atoms with Crippen molar-refractivity contribution in [2.75, 3.05) is 0 Å². The molecule has 0 saturated heterocycles. The molecule has 0 atom stereocenters. The van der Waals surface area contributed by atoms with Gasteiger partial charge in [-0.1, -0.05) is 170 Å². The van der Waals surface area contributed by atoms with Crippen LogP contribution < -0.4 is 0 Å². The average molecular weight is 813 g/mol. The molecule has 0 aliphatic heterocycles. The Morgan fingerprint density at radius 3 is 1.56 bits per heavy atom. The predicted octanol–water partition coefficient (Wildman–Crippen LogP) is 15.1. The first kappa shape index (κ1) is 29.6. The molecule has 4 aromatic heterocycles. The Kier molecular flexibility index (Phi) is 6.56. The number of hydrogen-bond donors (Lipinski definition) is 0. The topological polar surface area (TPSA) is 69.9 Å². The van der Waals surface area contributed by atoms with Gasteiger partial charge in [0, 0.05) is 60.1 Å². The van der Waals surface area contributed by atoms with Gasteiger partial charge in [0.15, 0.2) is 17.5 Å². The highest BCUT2D eigenvalue weighted by molar-refractivity contribution is 6.15. The largest absolute Gasteiger partial charge is 0.455 e. The molecule has 6 nitrogen and oxygen atoms in total. The molecule has 13 aromatic rings. The monoisotopic (exact) mass is 812 g/mol. The summed E-state index contributed by atoms with van der Waals surface area (Å²) >= 11 is 0. The molecule has 0 aliphatic carbocycles. The van der Waals surface area contributed by atoms with Crippen LogP contribution in [0.1, 0.15) is 8.22 Å². The second-order valence-corrected chi connectivity index (χ2v) is 15.4. The van der Waals surface area contributed by atoms with Gasteiger partial charge >= 0.3 is 0 Å². The van der Waals surface area contributed by atoms with Gasteiger partial charge in [0.05, 0.1) is 30.5 Å². The normalized spacial score (nSPS) is 13.1. The Labute approximate surface area is 369 Å². The molecule has 13 rings (SSSR count). The predicted molar refractivity (Wildman–Crippen MR) is 256 cm³/mol. The molecule has 0 radical (unpaired) electrons. The van der Waals surface area contributed by atoms with Gasteiger partial charge < -0.3 is 13.4 Å². The Hall–Kier alpha value is -8.61. The minimum atomic E-state index is -0.179. The molecule has 0 unspecified atom stereocenters. The average Bonchev–Trinajstić information content (AvgIpc) is 4.09. The zero-order valence-electron chi connectivity index (χ0n) is 39.3. The third kappa shape index (κ3) is 5.55. The SMILES string of the molecule is [2H]c1cc([2H])c2c(c1[2H])c1c([2H])c([2H])cc([2H])c1n2-c1ccc(-c2cccc3c2oc2c(-c4nc(-c5ccccc5)nc(-c5ccccc5)n4)cccc23)cc1-c1cccc2c1oc1ccccc12. The fourth-order valence-corrected chi connectivity index (χ4v) is 8.98. The Balaban J connectivity index is 1.08. The van der Waals surface area contributed by atoms with Crippen LogP contribution in [-0.4, -0.2) is 19.5 Å². The summed E-state index contributed by atoms with van der Waals surface area (Å²) in [5, 5.41) is 3.98. The summed E-state index contributed by atoms with van der Waals surface area (Å²) in [5.74, 6) is 1.55. The maximum absolute atomic E-state index is 9.27. The molecule has 0 amide bonds. The summed E-state index contributed by atoms with van der Waals surface area (Å²) in [6.45, 7) is 0. The van der Waals surface area contributed by atoms with Crippen LogP contribution in [0.5, 0.6) is 0 Å². The lowest BCUT2D eigenvalue weighted by molar-refractivity contribution is 0.670. The summed E-state index contributed by atoms with van der Waals surface area (Å²) in [6, 6.07) is 53.4. The van der Waals surface area contributed by atoms with E-state index >= 15 is 0 Å². The zero-order chi connectivity index (χ0) is 46.7. The van der Waals surface area contributed by atoms with E-state index < -0.39 is 0 Å². The van der Waals surface area contributed by atoms with Crippen LogP contribution in [0.2, 0.25) is 0 Å². The van der Waals surface area contributed by atoms with Crippen molar-refractivity contribution < 1.29 is 17.1 Å². The van der Waals surface area contributed by atoms with Crippen LogP contribution >= 0.6 is 0 Å². The summed E-state index contributed by atoms with van der Waals surface area (Å²) < 4.78 is 69.3. The maximum Gasteiger partial charge on any atom is 0.167 e. The fourth-order valence-electron chi connectivity index (χ4n) is 8.98. The van der Waals surface area contributed by atoms with Crippen molar-refractivity contribution in [3.63, 3.8) is 0 Å². The summed E-state index contributed by atoms with van der Waals surface area (Å²) in [7, 11) is 0. The van der Waals surface area contributed by atoms with Crippen LogP contribution in [0.4, 0.5) is 0 Å². The highest BCUT2D eigenvalue weighted by Gasteiger charge is 2.23. The lowest BCUT2D eigenvalue weighted by atomic mass is 9.95. The van der Waals surface area contributed by atoms with Gasteiger partial charge in [-0.3, -0.25) is 0 Å². The lowest BCUT2D eigenvalue weighted by Gasteiger charge is -2.16. The van der Waals surface area contributed by atoms with Gasteiger partial charge in [0.1, 0.15) is 22.3 Å². The Bertz CT molecular complexity index is 4150. The first-order valence-corrected chi connectivity index (χ1v) is 20.6. The van der Waals surface area contributed by atoms with Gasteiger partial charge in [0.25, 0.3) is 0 Å². The Morgan fingerprint density at radius 1 is 0.365 bits per heavy atom. The quantitative estimate of drug-likeness (QED) is 0.167. The van der Waals surface area contributed by atoms with E-state index in [1.165, 1.54) is 12.1 Å². The van der Waals surface area contributed by atoms with Crippen LogP contribution in [0, 0.1) is 0 Å². The third-order valence-corrected chi connectivity index (χ3v) is 11.8. The molecule has 0 N–H and O–H groups in total. The molecule has 0 aliphatic rings. The Morgan fingerprint density at radius 2 is 0.889 bits per heavy atom. The van der Waals surface area contributed by atoms with E-state index in [4.69, 9.17) is 29.3 Å². The standard InChI is InChI=1S/C57H34N4O2/c1-3-16-35(17-4-1)55-58-56(36-18-5-2-6-19-36)60-57(59-55)46-28-15-26-44-43-25-13-23-38(52(43)63-54(44)46)37-32-33-50(61-48-29-10-7-20-39(48)40-21-8-11-30-49(40)61)47(34-37)45-27-14-24-42-41-22-9-12-31-51(41)62-53(42)45/h1-34H/i7D,8D,20D,21D,29D,30D. The number of nitrogens with zero attached hydrogens (tertiary/aromatic N) is 4. The van der Waals surface area contributed by atoms with Crippen molar-refractivity contribution >= 4 is 65.7 Å². The van der Waals surface area contributed by atoms with Gasteiger partial charge in [-0.25, -0.2) is 15.0 Å². The highest BCUT2D eigenvalue weighted by atomic mass is 16.3. The molecule has 6 heteroatoms. The molecular formula is C57H34N4O2. The third-order valence-electron chi connectivity index (χ3n) is 11.8. The molecule has 0 bridgehead atoms. The number of aromatic nitrogens is 4.